The van der Waals surface area contributed by atoms with Crippen LogP contribution in [0.2, 0.25) is 5.02 Å². The molecule has 7 nitrogen and oxygen atoms in total. The first-order chi connectivity index (χ1) is 18.6. The van der Waals surface area contributed by atoms with Crippen molar-refractivity contribution < 1.29 is 22.7 Å². The minimum absolute atomic E-state index is 0.0961. The lowest BCUT2D eigenvalue weighted by Gasteiger charge is -2.15. The van der Waals surface area contributed by atoms with Gasteiger partial charge in [0.25, 0.3) is 5.91 Å². The van der Waals surface area contributed by atoms with Gasteiger partial charge in [-0.2, -0.15) is 13.2 Å². The molecule has 0 atom stereocenters. The zero-order chi connectivity index (χ0) is 27.7. The summed E-state index contributed by atoms with van der Waals surface area (Å²) in [6.07, 6.45) is -2.81. The van der Waals surface area contributed by atoms with Crippen LogP contribution in [-0.2, 0) is 6.18 Å². The molecule has 0 unspecified atom stereocenters. The third kappa shape index (κ3) is 5.51. The van der Waals surface area contributed by atoms with E-state index in [2.05, 4.69) is 25.6 Å². The van der Waals surface area contributed by atoms with Crippen LogP contribution in [0.1, 0.15) is 21.5 Å². The molecule has 0 spiro atoms. The molecule has 0 aliphatic heterocycles. The average Bonchev–Trinajstić information content (AvgIpc) is 3.38. The van der Waals surface area contributed by atoms with E-state index in [4.69, 9.17) is 16.3 Å². The minimum atomic E-state index is -4.57. The van der Waals surface area contributed by atoms with E-state index in [1.54, 1.807) is 36.5 Å². The lowest BCUT2D eigenvalue weighted by Crippen LogP contribution is -2.14. The molecule has 1 amide bonds. The van der Waals surface area contributed by atoms with Crippen molar-refractivity contribution in [3.63, 3.8) is 0 Å². The van der Waals surface area contributed by atoms with Crippen LogP contribution >= 0.6 is 11.6 Å². The Morgan fingerprint density at radius 2 is 1.74 bits per heavy atom. The van der Waals surface area contributed by atoms with Crippen LogP contribution in [0.5, 0.6) is 5.75 Å². The lowest BCUT2D eigenvalue weighted by atomic mass is 10.1. The van der Waals surface area contributed by atoms with Gasteiger partial charge in [0.05, 0.1) is 35.1 Å². The highest BCUT2D eigenvalue weighted by atomic mass is 35.5. The summed E-state index contributed by atoms with van der Waals surface area (Å²) in [4.78, 5) is 25.5. The number of aromatic nitrogens is 3. The van der Waals surface area contributed by atoms with Gasteiger partial charge in [-0.1, -0.05) is 29.8 Å². The molecule has 198 valence electrons. The molecular formula is C28H21ClF3N5O2. The topological polar surface area (TPSA) is 91.9 Å². The number of methoxy groups -OCH3 is 1. The van der Waals surface area contributed by atoms with Gasteiger partial charge in [0.15, 0.2) is 0 Å². The Kier molecular flexibility index (Phi) is 6.88. The number of ether oxygens (including phenoxy) is 1. The summed E-state index contributed by atoms with van der Waals surface area (Å²) >= 11 is 6.05. The zero-order valence-corrected chi connectivity index (χ0v) is 21.4. The normalized spacial score (nSPS) is 11.4. The van der Waals surface area contributed by atoms with Crippen molar-refractivity contribution in [2.45, 2.75) is 13.1 Å². The summed E-state index contributed by atoms with van der Waals surface area (Å²) in [5, 5.41) is 6.29. The number of carbonyl (C=O) groups excluding carboxylic acids is 1. The van der Waals surface area contributed by atoms with Gasteiger partial charge in [-0.3, -0.25) is 4.79 Å². The summed E-state index contributed by atoms with van der Waals surface area (Å²) in [5.41, 5.74) is 3.49. The van der Waals surface area contributed by atoms with E-state index in [0.29, 0.717) is 27.9 Å². The van der Waals surface area contributed by atoms with Crippen molar-refractivity contribution in [1.29, 1.82) is 0 Å². The number of fused-ring (bicyclic) bond motifs is 1. The summed E-state index contributed by atoms with van der Waals surface area (Å²) < 4.78 is 44.8. The minimum Gasteiger partial charge on any atom is -0.495 e. The highest BCUT2D eigenvalue weighted by molar-refractivity contribution is 6.30. The van der Waals surface area contributed by atoms with Crippen molar-refractivity contribution in [3.05, 3.63) is 94.6 Å². The fourth-order valence-electron chi connectivity index (χ4n) is 4.01. The van der Waals surface area contributed by atoms with Crippen molar-refractivity contribution in [2.24, 2.45) is 0 Å². The number of aromatic amines is 1. The number of amides is 1. The molecule has 0 aliphatic carbocycles. The molecule has 11 heteroatoms. The fraction of sp³-hybridized carbons (Fsp3) is 0.107. The number of anilines is 3. The van der Waals surface area contributed by atoms with E-state index in [1.165, 1.54) is 7.11 Å². The summed E-state index contributed by atoms with van der Waals surface area (Å²) in [7, 11) is 1.31. The predicted molar refractivity (Wildman–Crippen MR) is 145 cm³/mol. The first kappa shape index (κ1) is 26.1. The Morgan fingerprint density at radius 3 is 2.46 bits per heavy atom. The van der Waals surface area contributed by atoms with Gasteiger partial charge in [0.2, 0.25) is 5.95 Å². The molecule has 0 aliphatic rings. The SMILES string of the molecule is COc1ccc(C(F)(F)F)cc1NC(=O)c1ccc(C)c(Nc2nc(-c3ccc(Cl)cc3)c3[nH]ccc3n2)c1. The molecule has 3 N–H and O–H groups in total. The molecule has 0 saturated heterocycles. The van der Waals surface area contributed by atoms with Crippen LogP contribution in [0.4, 0.5) is 30.5 Å². The van der Waals surface area contributed by atoms with Crippen molar-refractivity contribution >= 4 is 45.9 Å². The maximum absolute atomic E-state index is 13.2. The van der Waals surface area contributed by atoms with Crippen LogP contribution in [0.15, 0.2) is 72.9 Å². The Balaban J connectivity index is 1.45. The Bertz CT molecular complexity index is 1680. The second kappa shape index (κ2) is 10.3. The quantitative estimate of drug-likeness (QED) is 0.202. The summed E-state index contributed by atoms with van der Waals surface area (Å²) in [5.74, 6) is -0.212. The summed E-state index contributed by atoms with van der Waals surface area (Å²) in [6, 6.07) is 16.8. The molecule has 3 aromatic carbocycles. The zero-order valence-electron chi connectivity index (χ0n) is 20.7. The number of hydrogen-bond donors (Lipinski definition) is 3. The largest absolute Gasteiger partial charge is 0.495 e. The van der Waals surface area contributed by atoms with Gasteiger partial charge >= 0.3 is 6.18 Å². The molecule has 5 rings (SSSR count). The van der Waals surface area contributed by atoms with E-state index >= 15 is 0 Å². The average molecular weight is 552 g/mol. The Hall–Kier alpha value is -4.57. The molecule has 2 aromatic heterocycles. The standard InChI is InChI=1S/C28H21ClF3N5O2/c1-15-3-4-17(26(38)34-22-14-18(28(30,31)32)7-10-23(22)39-2)13-21(15)36-27-35-20-11-12-33-25(20)24(37-27)16-5-8-19(29)9-6-16/h3-14,33H,1-2H3,(H,34,38)(H,35,36,37). The first-order valence-electron chi connectivity index (χ1n) is 11.7. The maximum atomic E-state index is 13.2. The predicted octanol–water partition coefficient (Wildman–Crippen LogP) is 7.61. The van der Waals surface area contributed by atoms with Gasteiger partial charge in [0.1, 0.15) is 5.75 Å². The molecule has 0 saturated carbocycles. The number of nitrogens with one attached hydrogen (secondary N) is 3. The Labute approximate surface area is 226 Å². The van der Waals surface area contributed by atoms with E-state index in [-0.39, 0.29) is 17.0 Å². The van der Waals surface area contributed by atoms with Crippen molar-refractivity contribution in [2.75, 3.05) is 17.7 Å². The number of alkyl halides is 3. The van der Waals surface area contributed by atoms with Crippen LogP contribution < -0.4 is 15.4 Å². The van der Waals surface area contributed by atoms with E-state index < -0.39 is 17.6 Å². The number of halogens is 4. The number of rotatable bonds is 6. The third-order valence-electron chi connectivity index (χ3n) is 6.04. The van der Waals surface area contributed by atoms with Crippen LogP contribution in [0.25, 0.3) is 22.3 Å². The highest BCUT2D eigenvalue weighted by Gasteiger charge is 2.31. The number of hydrogen-bond acceptors (Lipinski definition) is 5. The van der Waals surface area contributed by atoms with Gasteiger partial charge in [-0.05, 0) is 61.0 Å². The molecule has 0 fully saturated rings. The number of carbonyl (C=O) groups is 1. The van der Waals surface area contributed by atoms with E-state index in [1.807, 2.05) is 25.1 Å². The fourth-order valence-corrected chi connectivity index (χ4v) is 4.14. The molecule has 0 radical (unpaired) electrons. The smallest absolute Gasteiger partial charge is 0.416 e. The Morgan fingerprint density at radius 1 is 0.974 bits per heavy atom. The van der Waals surface area contributed by atoms with Crippen LogP contribution in [0.3, 0.4) is 0 Å². The van der Waals surface area contributed by atoms with Crippen LogP contribution in [-0.4, -0.2) is 28.0 Å². The van der Waals surface area contributed by atoms with Gasteiger partial charge in [-0.15, -0.1) is 0 Å². The van der Waals surface area contributed by atoms with E-state index in [9.17, 15) is 18.0 Å². The van der Waals surface area contributed by atoms with Crippen LogP contribution in [0, 0.1) is 6.92 Å². The number of nitrogens with zero attached hydrogens (tertiary/aromatic N) is 2. The second-order valence-electron chi connectivity index (χ2n) is 8.66. The van der Waals surface area contributed by atoms with Crippen molar-refractivity contribution in [1.82, 2.24) is 15.0 Å². The van der Waals surface area contributed by atoms with E-state index in [0.717, 1.165) is 34.8 Å². The highest BCUT2D eigenvalue weighted by Crippen LogP contribution is 2.35. The maximum Gasteiger partial charge on any atom is 0.416 e. The number of benzene rings is 3. The third-order valence-corrected chi connectivity index (χ3v) is 6.30. The van der Waals surface area contributed by atoms with Gasteiger partial charge in [-0.25, -0.2) is 9.97 Å². The molecule has 39 heavy (non-hydrogen) atoms. The monoisotopic (exact) mass is 551 g/mol. The molecular weight excluding hydrogens is 531 g/mol. The first-order valence-corrected chi connectivity index (χ1v) is 12.1. The summed E-state index contributed by atoms with van der Waals surface area (Å²) in [6.45, 7) is 1.84. The van der Waals surface area contributed by atoms with Gasteiger partial charge < -0.3 is 20.4 Å². The molecule has 5 aromatic rings. The molecule has 2 heterocycles. The second-order valence-corrected chi connectivity index (χ2v) is 9.10. The van der Waals surface area contributed by atoms with Gasteiger partial charge in [0, 0.05) is 28.0 Å². The molecule has 0 bridgehead atoms. The van der Waals surface area contributed by atoms with Crippen molar-refractivity contribution in [3.8, 4) is 17.0 Å². The number of aryl methyl sites for hydroxylation is 1. The lowest BCUT2D eigenvalue weighted by molar-refractivity contribution is -0.137. The number of H-pyrrole nitrogens is 1.